The summed E-state index contributed by atoms with van der Waals surface area (Å²) in [5.41, 5.74) is 2.58. The van der Waals surface area contributed by atoms with E-state index in [4.69, 9.17) is 5.84 Å². The molecule has 7 nitrogen and oxygen atoms in total. The smallest absolute Gasteiger partial charge is 0.293 e. The number of thioether (sulfide) groups is 1. The molecule has 1 amide bonds. The number of rotatable bonds is 5. The molecule has 0 aromatic heterocycles. The molecule has 0 saturated carbocycles. The van der Waals surface area contributed by atoms with Gasteiger partial charge in [0.15, 0.2) is 0 Å². The minimum absolute atomic E-state index is 0.125. The average molecular weight is 310 g/mol. The van der Waals surface area contributed by atoms with Gasteiger partial charge in [-0.3, -0.25) is 20.8 Å². The van der Waals surface area contributed by atoms with Crippen LogP contribution < -0.4 is 16.6 Å². The lowest BCUT2D eigenvalue weighted by Crippen LogP contribution is -2.32. The van der Waals surface area contributed by atoms with Crippen molar-refractivity contribution >= 4 is 29.0 Å². The Kier molecular flexibility index (Phi) is 5.40. The molecular formula is C13H18N4O3S. The lowest BCUT2D eigenvalue weighted by molar-refractivity contribution is -0.384. The van der Waals surface area contributed by atoms with E-state index in [0.717, 1.165) is 12.2 Å². The lowest BCUT2D eigenvalue weighted by atomic mass is 10.1. The van der Waals surface area contributed by atoms with Crippen LogP contribution in [-0.2, 0) is 0 Å². The predicted octanol–water partition coefficient (Wildman–Crippen LogP) is 1.90. The lowest BCUT2D eigenvalue weighted by Gasteiger charge is -2.21. The van der Waals surface area contributed by atoms with Crippen LogP contribution in [0.4, 0.5) is 11.4 Å². The zero-order valence-electron chi connectivity index (χ0n) is 11.5. The maximum Gasteiger partial charge on any atom is 0.293 e. The van der Waals surface area contributed by atoms with E-state index in [1.807, 2.05) is 11.8 Å². The molecule has 0 radical (unpaired) electrons. The fourth-order valence-corrected chi connectivity index (χ4v) is 3.47. The van der Waals surface area contributed by atoms with E-state index < -0.39 is 4.92 Å². The summed E-state index contributed by atoms with van der Waals surface area (Å²) < 4.78 is 0. The molecule has 114 valence electrons. The van der Waals surface area contributed by atoms with E-state index in [1.54, 1.807) is 0 Å². The molecule has 4 N–H and O–H groups in total. The standard InChI is InChI=1S/C13H18N4O3S/c14-16-11-7-9(4-5-12(11)17(19)20)13(18)15-8-10-3-1-2-6-21-10/h4-5,7,10,16H,1-3,6,8,14H2,(H,15,18). The highest BCUT2D eigenvalue weighted by atomic mass is 32.2. The summed E-state index contributed by atoms with van der Waals surface area (Å²) >= 11 is 1.88. The van der Waals surface area contributed by atoms with E-state index in [0.29, 0.717) is 17.4 Å². The van der Waals surface area contributed by atoms with Crippen LogP contribution in [0.2, 0.25) is 0 Å². The van der Waals surface area contributed by atoms with Crippen molar-refractivity contribution in [2.24, 2.45) is 5.84 Å². The number of nitrogen functional groups attached to an aromatic ring is 1. The van der Waals surface area contributed by atoms with Gasteiger partial charge in [0.2, 0.25) is 0 Å². The number of nitro groups is 1. The summed E-state index contributed by atoms with van der Waals surface area (Å²) in [6.07, 6.45) is 3.55. The molecule has 0 aliphatic carbocycles. The Morgan fingerprint density at radius 2 is 2.29 bits per heavy atom. The molecule has 1 aliphatic heterocycles. The van der Waals surface area contributed by atoms with Crippen LogP contribution >= 0.6 is 11.8 Å². The first-order valence-corrected chi connectivity index (χ1v) is 7.81. The quantitative estimate of drug-likeness (QED) is 0.435. The Labute approximate surface area is 126 Å². The second kappa shape index (κ2) is 7.28. The topological polar surface area (TPSA) is 110 Å². The Morgan fingerprint density at radius 3 is 2.90 bits per heavy atom. The van der Waals surface area contributed by atoms with Crippen LogP contribution in [0.1, 0.15) is 29.6 Å². The maximum absolute atomic E-state index is 12.1. The van der Waals surface area contributed by atoms with Gasteiger partial charge in [-0.15, -0.1) is 0 Å². The molecule has 1 saturated heterocycles. The van der Waals surface area contributed by atoms with Crippen molar-refractivity contribution in [2.75, 3.05) is 17.7 Å². The van der Waals surface area contributed by atoms with Gasteiger partial charge in [0, 0.05) is 23.4 Å². The fourth-order valence-electron chi connectivity index (χ4n) is 2.23. The largest absolute Gasteiger partial charge is 0.351 e. The molecule has 1 heterocycles. The highest BCUT2D eigenvalue weighted by molar-refractivity contribution is 7.99. The summed E-state index contributed by atoms with van der Waals surface area (Å²) in [6, 6.07) is 4.10. The Bertz CT molecular complexity index is 532. The second-order valence-corrected chi connectivity index (χ2v) is 6.24. The number of benzene rings is 1. The van der Waals surface area contributed by atoms with Crippen LogP contribution in [0.15, 0.2) is 18.2 Å². The number of carbonyl (C=O) groups is 1. The van der Waals surface area contributed by atoms with Crippen molar-refractivity contribution in [3.05, 3.63) is 33.9 Å². The Morgan fingerprint density at radius 1 is 1.48 bits per heavy atom. The molecule has 2 rings (SSSR count). The predicted molar refractivity (Wildman–Crippen MR) is 83.3 cm³/mol. The van der Waals surface area contributed by atoms with Crippen LogP contribution in [0.3, 0.4) is 0 Å². The number of hydrazine groups is 1. The highest BCUT2D eigenvalue weighted by Crippen LogP contribution is 2.26. The Hall–Kier alpha value is -1.80. The number of nitro benzene ring substituents is 1. The van der Waals surface area contributed by atoms with E-state index in [2.05, 4.69) is 10.7 Å². The fraction of sp³-hybridized carbons (Fsp3) is 0.462. The number of nitrogens with one attached hydrogen (secondary N) is 2. The number of nitrogens with two attached hydrogens (primary N) is 1. The van der Waals surface area contributed by atoms with Gasteiger partial charge >= 0.3 is 0 Å². The van der Waals surface area contributed by atoms with Crippen molar-refractivity contribution in [1.82, 2.24) is 5.32 Å². The third-order valence-corrected chi connectivity index (χ3v) is 4.77. The molecule has 21 heavy (non-hydrogen) atoms. The first kappa shape index (κ1) is 15.6. The van der Waals surface area contributed by atoms with Crippen molar-refractivity contribution in [3.63, 3.8) is 0 Å². The SMILES string of the molecule is NNc1cc(C(=O)NCC2CCCCS2)ccc1[N+](=O)[O-]. The molecule has 1 unspecified atom stereocenters. The maximum atomic E-state index is 12.1. The first-order valence-electron chi connectivity index (χ1n) is 6.76. The van der Waals surface area contributed by atoms with Crippen LogP contribution in [0, 0.1) is 10.1 Å². The van der Waals surface area contributed by atoms with E-state index in [9.17, 15) is 14.9 Å². The Balaban J connectivity index is 2.00. The van der Waals surface area contributed by atoms with Gasteiger partial charge in [0.1, 0.15) is 5.69 Å². The van der Waals surface area contributed by atoms with Gasteiger partial charge in [0.25, 0.3) is 11.6 Å². The highest BCUT2D eigenvalue weighted by Gasteiger charge is 2.18. The monoisotopic (exact) mass is 310 g/mol. The molecule has 1 aromatic carbocycles. The molecule has 1 atom stereocenters. The van der Waals surface area contributed by atoms with Gasteiger partial charge in [-0.1, -0.05) is 6.42 Å². The minimum Gasteiger partial charge on any atom is -0.351 e. The van der Waals surface area contributed by atoms with Crippen molar-refractivity contribution in [2.45, 2.75) is 24.5 Å². The van der Waals surface area contributed by atoms with Gasteiger partial charge in [-0.05, 0) is 30.7 Å². The molecule has 1 fully saturated rings. The summed E-state index contributed by atoms with van der Waals surface area (Å²) in [7, 11) is 0. The summed E-state index contributed by atoms with van der Waals surface area (Å²) in [5.74, 6) is 6.15. The van der Waals surface area contributed by atoms with Crippen molar-refractivity contribution in [1.29, 1.82) is 0 Å². The van der Waals surface area contributed by atoms with Gasteiger partial charge in [0.05, 0.1) is 4.92 Å². The van der Waals surface area contributed by atoms with Crippen LogP contribution in [0.5, 0.6) is 0 Å². The number of hydrogen-bond acceptors (Lipinski definition) is 6. The molecule has 0 bridgehead atoms. The summed E-state index contributed by atoms with van der Waals surface area (Å²) in [5, 5.41) is 14.1. The van der Waals surface area contributed by atoms with E-state index >= 15 is 0 Å². The van der Waals surface area contributed by atoms with Gasteiger partial charge in [-0.25, -0.2) is 0 Å². The zero-order chi connectivity index (χ0) is 15.2. The van der Waals surface area contributed by atoms with Crippen molar-refractivity contribution < 1.29 is 9.72 Å². The molecule has 1 aliphatic rings. The molecule has 8 heteroatoms. The average Bonchev–Trinajstić information content (AvgIpc) is 2.52. The third-order valence-electron chi connectivity index (χ3n) is 3.38. The normalized spacial score (nSPS) is 18.0. The van der Waals surface area contributed by atoms with Gasteiger partial charge in [-0.2, -0.15) is 11.8 Å². The van der Waals surface area contributed by atoms with Crippen LogP contribution in [0.25, 0.3) is 0 Å². The number of nitrogens with zero attached hydrogens (tertiary/aromatic N) is 1. The molecule has 0 spiro atoms. The second-order valence-electron chi connectivity index (χ2n) is 4.83. The number of hydrogen-bond donors (Lipinski definition) is 3. The molecule has 1 aromatic rings. The zero-order valence-corrected chi connectivity index (χ0v) is 12.3. The summed E-state index contributed by atoms with van der Waals surface area (Å²) in [6.45, 7) is 0.617. The van der Waals surface area contributed by atoms with E-state index in [-0.39, 0.29) is 17.3 Å². The van der Waals surface area contributed by atoms with Crippen molar-refractivity contribution in [3.8, 4) is 0 Å². The van der Waals surface area contributed by atoms with Gasteiger partial charge < -0.3 is 10.7 Å². The minimum atomic E-state index is -0.546. The van der Waals surface area contributed by atoms with Crippen LogP contribution in [-0.4, -0.2) is 28.4 Å². The third kappa shape index (κ3) is 4.08. The molecular weight excluding hydrogens is 292 g/mol. The van der Waals surface area contributed by atoms with E-state index in [1.165, 1.54) is 31.0 Å². The number of carbonyl (C=O) groups excluding carboxylic acids is 1. The number of amides is 1. The summed E-state index contributed by atoms with van der Waals surface area (Å²) in [4.78, 5) is 22.3. The number of anilines is 1. The first-order chi connectivity index (χ1) is 10.1.